The van der Waals surface area contributed by atoms with Crippen LogP contribution in [0, 0.1) is 6.92 Å². The molecule has 0 fully saturated rings. The van der Waals surface area contributed by atoms with E-state index in [0.717, 1.165) is 5.56 Å². The van der Waals surface area contributed by atoms with E-state index >= 15 is 0 Å². The predicted octanol–water partition coefficient (Wildman–Crippen LogP) is 2.99. The van der Waals surface area contributed by atoms with Crippen LogP contribution in [0.3, 0.4) is 0 Å². The summed E-state index contributed by atoms with van der Waals surface area (Å²) in [6.45, 7) is 2.46. The highest BCUT2D eigenvalue weighted by molar-refractivity contribution is 5.94. The second kappa shape index (κ2) is 9.14. The zero-order chi connectivity index (χ0) is 19.9. The van der Waals surface area contributed by atoms with Gasteiger partial charge in [0.05, 0.1) is 6.04 Å². The first-order valence-electron chi connectivity index (χ1n) is 9.04. The van der Waals surface area contributed by atoms with Crippen molar-refractivity contribution in [1.82, 2.24) is 20.4 Å². The Balaban J connectivity index is 1.55. The molecule has 0 spiro atoms. The van der Waals surface area contributed by atoms with Crippen molar-refractivity contribution in [3.63, 3.8) is 0 Å². The predicted molar refractivity (Wildman–Crippen MR) is 105 cm³/mol. The fourth-order valence-corrected chi connectivity index (χ4v) is 2.82. The molecule has 0 aliphatic carbocycles. The molecule has 0 bridgehead atoms. The van der Waals surface area contributed by atoms with Gasteiger partial charge >= 0.3 is 0 Å². The molecule has 7 heteroatoms. The molecule has 0 unspecified atom stereocenters. The monoisotopic (exact) mass is 380 g/mol. The van der Waals surface area contributed by atoms with Crippen LogP contribution in [0.2, 0.25) is 0 Å². The summed E-state index contributed by atoms with van der Waals surface area (Å²) in [5, 5.41) is 6.78. The van der Waals surface area contributed by atoms with Gasteiger partial charge in [0.15, 0.2) is 6.61 Å². The van der Waals surface area contributed by atoms with Crippen LogP contribution in [-0.4, -0.2) is 41.6 Å². The van der Waals surface area contributed by atoms with Crippen LogP contribution in [0.4, 0.5) is 0 Å². The summed E-state index contributed by atoms with van der Waals surface area (Å²) in [4.78, 5) is 18.7. The standard InChI is InChI=1S/C21H24N4O3/c1-15-23-20(24-28-15)14-27-18-11-9-17(10-12-18)21(26)22-13-19(25(2)3)16-7-5-4-6-8-16/h4-12,19H,13-14H2,1-3H3,(H,22,26)/t19-/m1/s1. The molecule has 146 valence electrons. The van der Waals surface area contributed by atoms with Crippen LogP contribution in [0.15, 0.2) is 59.1 Å². The highest BCUT2D eigenvalue weighted by Gasteiger charge is 2.15. The third kappa shape index (κ3) is 5.17. The molecule has 0 aliphatic rings. The number of likely N-dealkylation sites (N-methyl/N-ethyl adjacent to an activating group) is 1. The quantitative estimate of drug-likeness (QED) is 0.647. The van der Waals surface area contributed by atoms with Gasteiger partial charge in [0.1, 0.15) is 5.75 Å². The van der Waals surface area contributed by atoms with Gasteiger partial charge in [-0.25, -0.2) is 0 Å². The molecule has 1 amide bonds. The summed E-state index contributed by atoms with van der Waals surface area (Å²) in [5.41, 5.74) is 1.74. The minimum atomic E-state index is -0.122. The molecule has 3 rings (SSSR count). The van der Waals surface area contributed by atoms with Crippen molar-refractivity contribution in [1.29, 1.82) is 0 Å². The van der Waals surface area contributed by atoms with Crippen molar-refractivity contribution >= 4 is 5.91 Å². The Hall–Kier alpha value is -3.19. The number of benzene rings is 2. The van der Waals surface area contributed by atoms with Crippen molar-refractivity contribution in [2.75, 3.05) is 20.6 Å². The van der Waals surface area contributed by atoms with E-state index in [2.05, 4.69) is 32.5 Å². The van der Waals surface area contributed by atoms with Gasteiger partial charge in [0, 0.05) is 19.0 Å². The maximum Gasteiger partial charge on any atom is 0.251 e. The van der Waals surface area contributed by atoms with Crippen molar-refractivity contribution < 1.29 is 14.1 Å². The maximum absolute atomic E-state index is 12.5. The fraction of sp³-hybridized carbons (Fsp3) is 0.286. The summed E-state index contributed by atoms with van der Waals surface area (Å²) in [6, 6.07) is 17.2. The number of hydrogen-bond acceptors (Lipinski definition) is 6. The van der Waals surface area contributed by atoms with Crippen molar-refractivity contribution in [2.45, 2.75) is 19.6 Å². The highest BCUT2D eigenvalue weighted by atomic mass is 16.5. The lowest BCUT2D eigenvalue weighted by Gasteiger charge is -2.25. The van der Waals surface area contributed by atoms with Gasteiger partial charge in [-0.05, 0) is 43.9 Å². The summed E-state index contributed by atoms with van der Waals surface area (Å²) in [6.07, 6.45) is 0. The number of nitrogens with one attached hydrogen (secondary N) is 1. The minimum Gasteiger partial charge on any atom is -0.485 e. The molecule has 1 N–H and O–H groups in total. The number of nitrogens with zero attached hydrogens (tertiary/aromatic N) is 3. The average Bonchev–Trinajstić information content (AvgIpc) is 3.12. The van der Waals surface area contributed by atoms with E-state index in [1.54, 1.807) is 31.2 Å². The van der Waals surface area contributed by atoms with Crippen LogP contribution in [-0.2, 0) is 6.61 Å². The van der Waals surface area contributed by atoms with E-state index in [4.69, 9.17) is 9.26 Å². The molecule has 0 saturated carbocycles. The SMILES string of the molecule is Cc1nc(COc2ccc(C(=O)NC[C@H](c3ccccc3)N(C)C)cc2)no1. The number of carbonyl (C=O) groups is 1. The maximum atomic E-state index is 12.5. The first kappa shape index (κ1) is 19.6. The molecule has 0 radical (unpaired) electrons. The summed E-state index contributed by atoms with van der Waals surface area (Å²) in [7, 11) is 4.00. The zero-order valence-corrected chi connectivity index (χ0v) is 16.3. The van der Waals surface area contributed by atoms with E-state index in [1.165, 1.54) is 0 Å². The van der Waals surface area contributed by atoms with E-state index in [1.807, 2.05) is 32.3 Å². The minimum absolute atomic E-state index is 0.103. The van der Waals surface area contributed by atoms with Gasteiger partial charge in [0.2, 0.25) is 11.7 Å². The van der Waals surface area contributed by atoms with Crippen LogP contribution in [0.1, 0.15) is 33.7 Å². The molecule has 0 saturated heterocycles. The number of aromatic nitrogens is 2. The normalized spacial score (nSPS) is 12.0. The smallest absolute Gasteiger partial charge is 0.251 e. The zero-order valence-electron chi connectivity index (χ0n) is 16.3. The topological polar surface area (TPSA) is 80.5 Å². The Morgan fingerprint density at radius 2 is 1.86 bits per heavy atom. The van der Waals surface area contributed by atoms with E-state index < -0.39 is 0 Å². The van der Waals surface area contributed by atoms with Crippen LogP contribution in [0.25, 0.3) is 0 Å². The second-order valence-corrected chi connectivity index (χ2v) is 6.64. The number of hydrogen-bond donors (Lipinski definition) is 1. The highest BCUT2D eigenvalue weighted by Crippen LogP contribution is 2.17. The van der Waals surface area contributed by atoms with Gasteiger partial charge in [-0.15, -0.1) is 0 Å². The Bertz CT molecular complexity index is 892. The van der Waals surface area contributed by atoms with Gasteiger partial charge < -0.3 is 19.5 Å². The Labute approximate surface area is 164 Å². The summed E-state index contributed by atoms with van der Waals surface area (Å²) < 4.78 is 10.5. The van der Waals surface area contributed by atoms with Crippen molar-refractivity contribution in [2.24, 2.45) is 0 Å². The first-order chi connectivity index (χ1) is 13.5. The largest absolute Gasteiger partial charge is 0.485 e. The molecule has 3 aromatic rings. The molecule has 0 aliphatic heterocycles. The van der Waals surface area contributed by atoms with Crippen LogP contribution < -0.4 is 10.1 Å². The van der Waals surface area contributed by atoms with Crippen LogP contribution >= 0.6 is 0 Å². The average molecular weight is 380 g/mol. The molecule has 1 aromatic heterocycles. The molecule has 1 atom stereocenters. The molecule has 2 aromatic carbocycles. The van der Waals surface area contributed by atoms with Gasteiger partial charge in [-0.3, -0.25) is 4.79 Å². The Kier molecular flexibility index (Phi) is 6.39. The second-order valence-electron chi connectivity index (χ2n) is 6.64. The van der Waals surface area contributed by atoms with Gasteiger partial charge in [-0.1, -0.05) is 35.5 Å². The fourth-order valence-electron chi connectivity index (χ4n) is 2.82. The summed E-state index contributed by atoms with van der Waals surface area (Å²) >= 11 is 0. The first-order valence-corrected chi connectivity index (χ1v) is 9.04. The number of carbonyl (C=O) groups excluding carboxylic acids is 1. The molecular formula is C21H24N4O3. The van der Waals surface area contributed by atoms with E-state index in [0.29, 0.717) is 29.6 Å². The van der Waals surface area contributed by atoms with Crippen LogP contribution in [0.5, 0.6) is 5.75 Å². The van der Waals surface area contributed by atoms with Gasteiger partial charge in [0.25, 0.3) is 5.91 Å². The van der Waals surface area contributed by atoms with Gasteiger partial charge in [-0.2, -0.15) is 4.98 Å². The molecule has 7 nitrogen and oxygen atoms in total. The number of amides is 1. The number of aryl methyl sites for hydroxylation is 1. The van der Waals surface area contributed by atoms with Crippen molar-refractivity contribution in [3.05, 3.63) is 77.4 Å². The lowest BCUT2D eigenvalue weighted by molar-refractivity contribution is 0.0942. The third-order valence-electron chi connectivity index (χ3n) is 4.32. The molecule has 1 heterocycles. The Morgan fingerprint density at radius 3 is 2.46 bits per heavy atom. The third-order valence-corrected chi connectivity index (χ3v) is 4.32. The lowest BCUT2D eigenvalue weighted by Crippen LogP contribution is -2.34. The van der Waals surface area contributed by atoms with E-state index in [-0.39, 0.29) is 18.6 Å². The molecular weight excluding hydrogens is 356 g/mol. The van der Waals surface area contributed by atoms with E-state index in [9.17, 15) is 4.79 Å². The summed E-state index contributed by atoms with van der Waals surface area (Å²) in [5.74, 6) is 1.49. The van der Waals surface area contributed by atoms with Crippen molar-refractivity contribution in [3.8, 4) is 5.75 Å². The Morgan fingerprint density at radius 1 is 1.14 bits per heavy atom. The number of ether oxygens (including phenoxy) is 1. The lowest BCUT2D eigenvalue weighted by atomic mass is 10.1. The molecule has 28 heavy (non-hydrogen) atoms. The number of rotatable bonds is 8.